The Kier molecular flexibility index (Phi) is 3.88. The largest absolute Gasteiger partial charge is 0.301 e. The van der Waals surface area contributed by atoms with E-state index in [4.69, 9.17) is 0 Å². The van der Waals surface area contributed by atoms with Crippen molar-refractivity contribution in [1.82, 2.24) is 4.90 Å². The molecule has 1 aromatic carbocycles. The SMILES string of the molecule is Cc1cccc(C)c1C1CCN(C(C)C)CC1. The molecule has 0 bridgehead atoms. The lowest BCUT2D eigenvalue weighted by Crippen LogP contribution is -2.38. The summed E-state index contributed by atoms with van der Waals surface area (Å²) in [5, 5.41) is 0. The summed E-state index contributed by atoms with van der Waals surface area (Å²) in [7, 11) is 0. The van der Waals surface area contributed by atoms with Gasteiger partial charge >= 0.3 is 0 Å². The van der Waals surface area contributed by atoms with Crippen LogP contribution in [0, 0.1) is 13.8 Å². The monoisotopic (exact) mass is 231 g/mol. The minimum Gasteiger partial charge on any atom is -0.301 e. The smallest absolute Gasteiger partial charge is 0.00385 e. The van der Waals surface area contributed by atoms with Crippen LogP contribution in [-0.2, 0) is 0 Å². The Bertz CT molecular complexity index is 353. The molecule has 0 unspecified atom stereocenters. The van der Waals surface area contributed by atoms with Crippen molar-refractivity contribution in [1.29, 1.82) is 0 Å². The molecule has 1 aliphatic rings. The van der Waals surface area contributed by atoms with Gasteiger partial charge in [-0.1, -0.05) is 18.2 Å². The molecule has 0 atom stereocenters. The number of piperidine rings is 1. The van der Waals surface area contributed by atoms with Crippen LogP contribution in [0.4, 0.5) is 0 Å². The highest BCUT2D eigenvalue weighted by molar-refractivity contribution is 5.36. The van der Waals surface area contributed by atoms with E-state index in [1.807, 2.05) is 0 Å². The summed E-state index contributed by atoms with van der Waals surface area (Å²) in [6.45, 7) is 11.7. The molecular formula is C16H25N. The Hall–Kier alpha value is -0.820. The maximum absolute atomic E-state index is 2.60. The third-order valence-electron chi connectivity index (χ3n) is 4.21. The lowest BCUT2D eigenvalue weighted by Gasteiger charge is -2.35. The second-order valence-corrected chi connectivity index (χ2v) is 5.71. The molecule has 2 rings (SSSR count). The van der Waals surface area contributed by atoms with E-state index in [0.29, 0.717) is 6.04 Å². The molecule has 0 spiro atoms. The first kappa shape index (κ1) is 12.6. The van der Waals surface area contributed by atoms with Crippen LogP contribution in [0.2, 0.25) is 0 Å². The Morgan fingerprint density at radius 2 is 1.59 bits per heavy atom. The summed E-state index contributed by atoms with van der Waals surface area (Å²) in [6, 6.07) is 7.40. The molecule has 1 saturated heterocycles. The van der Waals surface area contributed by atoms with Crippen LogP contribution in [0.3, 0.4) is 0 Å². The lowest BCUT2D eigenvalue weighted by molar-refractivity contribution is 0.171. The van der Waals surface area contributed by atoms with Crippen LogP contribution in [-0.4, -0.2) is 24.0 Å². The van der Waals surface area contributed by atoms with Gasteiger partial charge in [-0.05, 0) is 76.2 Å². The van der Waals surface area contributed by atoms with Gasteiger partial charge in [-0.25, -0.2) is 0 Å². The predicted molar refractivity (Wildman–Crippen MR) is 74.6 cm³/mol. The fraction of sp³-hybridized carbons (Fsp3) is 0.625. The van der Waals surface area contributed by atoms with Gasteiger partial charge in [-0.15, -0.1) is 0 Å². The fourth-order valence-corrected chi connectivity index (χ4v) is 3.18. The minimum atomic E-state index is 0.703. The molecule has 1 heteroatoms. The molecule has 0 aromatic heterocycles. The van der Waals surface area contributed by atoms with E-state index in [1.54, 1.807) is 5.56 Å². The van der Waals surface area contributed by atoms with Crippen molar-refractivity contribution in [3.63, 3.8) is 0 Å². The van der Waals surface area contributed by atoms with E-state index in [2.05, 4.69) is 50.8 Å². The Morgan fingerprint density at radius 3 is 2.06 bits per heavy atom. The lowest BCUT2D eigenvalue weighted by atomic mass is 9.84. The molecule has 0 radical (unpaired) electrons. The van der Waals surface area contributed by atoms with Gasteiger partial charge in [0.15, 0.2) is 0 Å². The topological polar surface area (TPSA) is 3.24 Å². The minimum absolute atomic E-state index is 0.703. The highest BCUT2D eigenvalue weighted by atomic mass is 15.1. The maximum atomic E-state index is 2.60. The first-order valence-corrected chi connectivity index (χ1v) is 6.89. The van der Waals surface area contributed by atoms with Crippen LogP contribution in [0.25, 0.3) is 0 Å². The molecule has 1 aromatic rings. The average molecular weight is 231 g/mol. The van der Waals surface area contributed by atoms with E-state index in [-0.39, 0.29) is 0 Å². The molecule has 0 saturated carbocycles. The van der Waals surface area contributed by atoms with E-state index < -0.39 is 0 Å². The highest BCUT2D eigenvalue weighted by Gasteiger charge is 2.23. The first-order valence-electron chi connectivity index (χ1n) is 6.89. The molecule has 0 aliphatic carbocycles. The number of nitrogens with zero attached hydrogens (tertiary/aromatic N) is 1. The zero-order valence-corrected chi connectivity index (χ0v) is 11.7. The molecule has 1 nitrogen and oxygen atoms in total. The van der Waals surface area contributed by atoms with Gasteiger partial charge in [-0.3, -0.25) is 0 Å². The molecule has 1 heterocycles. The summed E-state index contributed by atoms with van der Waals surface area (Å²) in [5.74, 6) is 0.784. The van der Waals surface area contributed by atoms with Gasteiger partial charge in [0.25, 0.3) is 0 Å². The quantitative estimate of drug-likeness (QED) is 0.746. The fourth-order valence-electron chi connectivity index (χ4n) is 3.18. The average Bonchev–Trinajstić information content (AvgIpc) is 2.29. The van der Waals surface area contributed by atoms with Crippen molar-refractivity contribution >= 4 is 0 Å². The highest BCUT2D eigenvalue weighted by Crippen LogP contribution is 2.32. The molecular weight excluding hydrogens is 206 g/mol. The summed E-state index contributed by atoms with van der Waals surface area (Å²) < 4.78 is 0. The van der Waals surface area contributed by atoms with E-state index in [0.717, 1.165) is 5.92 Å². The molecule has 94 valence electrons. The number of likely N-dealkylation sites (tertiary alicyclic amines) is 1. The summed E-state index contributed by atoms with van der Waals surface area (Å²) >= 11 is 0. The first-order chi connectivity index (χ1) is 8.09. The zero-order chi connectivity index (χ0) is 12.4. The molecule has 0 amide bonds. The van der Waals surface area contributed by atoms with Crippen molar-refractivity contribution in [2.24, 2.45) is 0 Å². The van der Waals surface area contributed by atoms with Crippen LogP contribution in [0.15, 0.2) is 18.2 Å². The van der Waals surface area contributed by atoms with Crippen LogP contribution >= 0.6 is 0 Å². The van der Waals surface area contributed by atoms with Gasteiger partial charge < -0.3 is 4.90 Å². The van der Waals surface area contributed by atoms with Gasteiger partial charge in [0.1, 0.15) is 0 Å². The molecule has 0 N–H and O–H groups in total. The van der Waals surface area contributed by atoms with Gasteiger partial charge in [0.05, 0.1) is 0 Å². The van der Waals surface area contributed by atoms with Crippen molar-refractivity contribution in [3.8, 4) is 0 Å². The van der Waals surface area contributed by atoms with Crippen molar-refractivity contribution in [3.05, 3.63) is 34.9 Å². The van der Waals surface area contributed by atoms with Crippen molar-refractivity contribution in [2.45, 2.75) is 52.5 Å². The normalized spacial score (nSPS) is 18.9. The zero-order valence-electron chi connectivity index (χ0n) is 11.7. The van der Waals surface area contributed by atoms with Crippen LogP contribution in [0.1, 0.15) is 49.3 Å². The second-order valence-electron chi connectivity index (χ2n) is 5.71. The Labute approximate surface area is 106 Å². The standard InChI is InChI=1S/C16H25N/c1-12(2)17-10-8-15(9-11-17)16-13(3)6-5-7-14(16)4/h5-7,12,15H,8-11H2,1-4H3. The number of hydrogen-bond donors (Lipinski definition) is 0. The second kappa shape index (κ2) is 5.22. The molecule has 1 aliphatic heterocycles. The van der Waals surface area contributed by atoms with E-state index in [9.17, 15) is 0 Å². The van der Waals surface area contributed by atoms with Crippen molar-refractivity contribution < 1.29 is 0 Å². The maximum Gasteiger partial charge on any atom is 0.00385 e. The predicted octanol–water partition coefficient (Wildman–Crippen LogP) is 3.89. The van der Waals surface area contributed by atoms with Gasteiger partial charge in [0, 0.05) is 6.04 Å². The summed E-state index contributed by atoms with van der Waals surface area (Å²) in [6.07, 6.45) is 2.65. The third-order valence-corrected chi connectivity index (χ3v) is 4.21. The van der Waals surface area contributed by atoms with Gasteiger partial charge in [0.2, 0.25) is 0 Å². The molecule has 1 fully saturated rings. The number of hydrogen-bond acceptors (Lipinski definition) is 1. The Morgan fingerprint density at radius 1 is 1.06 bits per heavy atom. The van der Waals surface area contributed by atoms with E-state index in [1.165, 1.54) is 37.1 Å². The number of rotatable bonds is 2. The summed E-state index contributed by atoms with van der Waals surface area (Å²) in [4.78, 5) is 2.60. The third kappa shape index (κ3) is 2.71. The van der Waals surface area contributed by atoms with Crippen LogP contribution in [0.5, 0.6) is 0 Å². The Balaban J connectivity index is 2.11. The van der Waals surface area contributed by atoms with Crippen LogP contribution < -0.4 is 0 Å². The summed E-state index contributed by atoms with van der Waals surface area (Å²) in [5.41, 5.74) is 4.58. The van der Waals surface area contributed by atoms with E-state index >= 15 is 0 Å². The molecule has 17 heavy (non-hydrogen) atoms. The number of benzene rings is 1. The van der Waals surface area contributed by atoms with Crippen molar-refractivity contribution in [2.75, 3.05) is 13.1 Å². The number of aryl methyl sites for hydroxylation is 2. The van der Waals surface area contributed by atoms with Gasteiger partial charge in [-0.2, -0.15) is 0 Å².